The Morgan fingerprint density at radius 3 is 2.60 bits per heavy atom. The zero-order valence-corrected chi connectivity index (χ0v) is 20.1. The van der Waals surface area contributed by atoms with Crippen molar-refractivity contribution < 1.29 is 19.1 Å². The summed E-state index contributed by atoms with van der Waals surface area (Å²) in [6.45, 7) is 1.76. The Morgan fingerprint density at radius 1 is 1.09 bits per heavy atom. The molecule has 0 spiro atoms. The van der Waals surface area contributed by atoms with Crippen LogP contribution in [0.15, 0.2) is 54.7 Å². The fraction of sp³-hybridized carbons (Fsp3) is 0.296. The number of amides is 1. The molecule has 0 saturated heterocycles. The van der Waals surface area contributed by atoms with Gasteiger partial charge in [0, 0.05) is 39.8 Å². The zero-order valence-electron chi connectivity index (χ0n) is 19.3. The number of halogens is 2. The maximum Gasteiger partial charge on any atom is 0.323 e. The molecule has 0 radical (unpaired) electrons. The molecule has 1 saturated carbocycles. The Morgan fingerprint density at radius 2 is 1.86 bits per heavy atom. The summed E-state index contributed by atoms with van der Waals surface area (Å²) in [6, 6.07) is 13.9. The van der Waals surface area contributed by atoms with Crippen LogP contribution in [0.1, 0.15) is 53.2 Å². The highest BCUT2D eigenvalue weighted by Crippen LogP contribution is 2.40. The number of hydrogen-bond acceptors (Lipinski definition) is 3. The topological polar surface area (TPSA) is 84.2 Å². The van der Waals surface area contributed by atoms with Crippen molar-refractivity contribution in [3.05, 3.63) is 77.4 Å². The molecule has 1 aliphatic rings. The second-order valence-corrected chi connectivity index (χ2v) is 9.04. The molecule has 2 heterocycles. The van der Waals surface area contributed by atoms with Gasteiger partial charge in [0.15, 0.2) is 0 Å². The van der Waals surface area contributed by atoms with E-state index in [1.165, 1.54) is 12.1 Å². The molecule has 1 fully saturated rings. The number of hydrogen-bond donors (Lipinski definition) is 2. The third-order valence-electron chi connectivity index (χ3n) is 6.99. The normalized spacial score (nSPS) is 17.8. The summed E-state index contributed by atoms with van der Waals surface area (Å²) in [5.74, 6) is -1.16. The summed E-state index contributed by atoms with van der Waals surface area (Å²) in [5.41, 5.74) is 4.06. The van der Waals surface area contributed by atoms with Gasteiger partial charge >= 0.3 is 5.97 Å². The Bertz CT molecular complexity index is 1400. The Labute approximate surface area is 208 Å². The van der Waals surface area contributed by atoms with Gasteiger partial charge in [0.05, 0.1) is 5.52 Å². The van der Waals surface area contributed by atoms with Gasteiger partial charge in [-0.1, -0.05) is 12.1 Å². The van der Waals surface area contributed by atoms with Crippen LogP contribution < -0.4 is 5.32 Å². The number of nitrogens with zero attached hydrogens (tertiary/aromatic N) is 2. The van der Waals surface area contributed by atoms with Crippen molar-refractivity contribution in [1.82, 2.24) is 14.9 Å². The number of rotatable bonds is 5. The summed E-state index contributed by atoms with van der Waals surface area (Å²) in [7, 11) is 0. The van der Waals surface area contributed by atoms with Crippen molar-refractivity contribution in [2.24, 2.45) is 0 Å². The fourth-order valence-corrected chi connectivity index (χ4v) is 5.43. The van der Waals surface area contributed by atoms with E-state index in [2.05, 4.69) is 10.3 Å². The van der Waals surface area contributed by atoms with Crippen LogP contribution in [0.4, 0.5) is 4.39 Å². The van der Waals surface area contributed by atoms with Crippen LogP contribution in [0.25, 0.3) is 21.8 Å². The highest BCUT2D eigenvalue weighted by molar-refractivity contribution is 6.06. The zero-order chi connectivity index (χ0) is 23.8. The minimum atomic E-state index is -0.925. The van der Waals surface area contributed by atoms with Gasteiger partial charge in [-0.3, -0.25) is 14.6 Å². The van der Waals surface area contributed by atoms with Crippen LogP contribution in [0.2, 0.25) is 0 Å². The molecule has 0 atom stereocenters. The predicted molar refractivity (Wildman–Crippen MR) is 136 cm³/mol. The highest BCUT2D eigenvalue weighted by Gasteiger charge is 2.29. The molecule has 182 valence electrons. The average Bonchev–Trinajstić information content (AvgIpc) is 3.09. The lowest BCUT2D eigenvalue weighted by molar-refractivity contribution is -0.137. The number of aromatic nitrogens is 2. The summed E-state index contributed by atoms with van der Waals surface area (Å²) in [4.78, 5) is 28.8. The molecule has 2 aromatic carbocycles. The monoisotopic (exact) mass is 495 g/mol. The molecule has 6 nitrogen and oxygen atoms in total. The van der Waals surface area contributed by atoms with E-state index in [1.54, 1.807) is 16.8 Å². The van der Waals surface area contributed by atoms with Gasteiger partial charge in [0.2, 0.25) is 0 Å². The molecular weight excluding hydrogens is 469 g/mol. The number of carboxylic acid groups (broad SMARTS) is 1. The van der Waals surface area contributed by atoms with E-state index in [4.69, 9.17) is 0 Å². The molecule has 0 unspecified atom stereocenters. The molecule has 0 bridgehead atoms. The molecule has 1 amide bonds. The van der Waals surface area contributed by atoms with E-state index in [9.17, 15) is 19.1 Å². The van der Waals surface area contributed by atoms with E-state index in [0.29, 0.717) is 5.56 Å². The van der Waals surface area contributed by atoms with Crippen molar-refractivity contribution in [3.63, 3.8) is 0 Å². The van der Waals surface area contributed by atoms with Crippen LogP contribution in [0.3, 0.4) is 0 Å². The summed E-state index contributed by atoms with van der Waals surface area (Å²) in [5, 5.41) is 14.2. The van der Waals surface area contributed by atoms with Gasteiger partial charge in [-0.15, -0.1) is 12.4 Å². The van der Waals surface area contributed by atoms with Crippen molar-refractivity contribution in [2.75, 3.05) is 0 Å². The molecule has 0 aliphatic heterocycles. The Hall–Kier alpha value is -3.45. The third kappa shape index (κ3) is 4.73. The Kier molecular flexibility index (Phi) is 7.08. The van der Waals surface area contributed by atoms with Crippen LogP contribution in [-0.2, 0) is 11.3 Å². The molecule has 2 N–H and O–H groups in total. The predicted octanol–water partition coefficient (Wildman–Crippen LogP) is 5.60. The number of carbonyl (C=O) groups excluding carboxylic acids is 1. The Balaban J connectivity index is 0.00000289. The SMILES string of the molecule is Cc1c(C2CCC(NC(=O)c3cccc4ncccc34)CC2)c2cc(F)ccc2n1CC(=O)O.Cl. The summed E-state index contributed by atoms with van der Waals surface area (Å²) in [6.07, 6.45) is 5.00. The first-order valence-corrected chi connectivity index (χ1v) is 11.6. The summed E-state index contributed by atoms with van der Waals surface area (Å²) < 4.78 is 15.8. The molecule has 2 aromatic heterocycles. The second kappa shape index (κ2) is 10.0. The van der Waals surface area contributed by atoms with Crippen LogP contribution in [0, 0.1) is 12.7 Å². The first-order chi connectivity index (χ1) is 16.4. The summed E-state index contributed by atoms with van der Waals surface area (Å²) >= 11 is 0. The average molecular weight is 496 g/mol. The van der Waals surface area contributed by atoms with Crippen molar-refractivity contribution in [2.45, 2.75) is 51.1 Å². The van der Waals surface area contributed by atoms with Gasteiger partial charge in [-0.2, -0.15) is 0 Å². The smallest absolute Gasteiger partial charge is 0.323 e. The maximum atomic E-state index is 14.1. The highest BCUT2D eigenvalue weighted by atomic mass is 35.5. The van der Waals surface area contributed by atoms with E-state index >= 15 is 0 Å². The number of benzene rings is 2. The molecule has 5 rings (SSSR count). The molecule has 1 aliphatic carbocycles. The van der Waals surface area contributed by atoms with Gasteiger partial charge < -0.3 is 15.0 Å². The number of fused-ring (bicyclic) bond motifs is 2. The molecule has 8 heteroatoms. The fourth-order valence-electron chi connectivity index (χ4n) is 5.43. The van der Waals surface area contributed by atoms with E-state index in [0.717, 1.165) is 58.7 Å². The number of nitrogens with one attached hydrogen (secondary N) is 1. The first-order valence-electron chi connectivity index (χ1n) is 11.6. The lowest BCUT2D eigenvalue weighted by atomic mass is 9.80. The van der Waals surface area contributed by atoms with Crippen molar-refractivity contribution in [1.29, 1.82) is 0 Å². The van der Waals surface area contributed by atoms with Gasteiger partial charge in [-0.05, 0) is 80.5 Å². The van der Waals surface area contributed by atoms with Crippen molar-refractivity contribution in [3.8, 4) is 0 Å². The number of carboxylic acids is 1. The van der Waals surface area contributed by atoms with Gasteiger partial charge in [0.25, 0.3) is 5.91 Å². The first kappa shape index (κ1) is 24.7. The minimum absolute atomic E-state index is 0. The minimum Gasteiger partial charge on any atom is -0.480 e. The van der Waals surface area contributed by atoms with Crippen molar-refractivity contribution >= 4 is 46.1 Å². The third-order valence-corrected chi connectivity index (χ3v) is 6.99. The number of carbonyl (C=O) groups is 2. The van der Waals surface area contributed by atoms with Crippen LogP contribution >= 0.6 is 12.4 Å². The lowest BCUT2D eigenvalue weighted by Crippen LogP contribution is -2.37. The lowest BCUT2D eigenvalue weighted by Gasteiger charge is -2.30. The van der Waals surface area contributed by atoms with Gasteiger partial charge in [0.1, 0.15) is 12.4 Å². The number of pyridine rings is 1. The second-order valence-electron chi connectivity index (χ2n) is 9.04. The van der Waals surface area contributed by atoms with Gasteiger partial charge in [-0.25, -0.2) is 4.39 Å². The van der Waals surface area contributed by atoms with Crippen LogP contribution in [-0.4, -0.2) is 32.6 Å². The number of aliphatic carboxylic acids is 1. The quantitative estimate of drug-likeness (QED) is 0.377. The molecular formula is C27H27ClFN3O3. The van der Waals surface area contributed by atoms with E-state index < -0.39 is 5.97 Å². The van der Waals surface area contributed by atoms with Crippen LogP contribution in [0.5, 0.6) is 0 Å². The molecule has 35 heavy (non-hydrogen) atoms. The largest absolute Gasteiger partial charge is 0.480 e. The molecule has 4 aromatic rings. The standard InChI is InChI=1S/C27H26FN3O3.ClH/c1-16-26(22-14-18(28)9-12-24(22)31(16)15-25(32)33)17-7-10-19(11-8-17)30-27(34)21-4-2-6-23-20(21)5-3-13-29-23;/h2-6,9,12-14,17,19H,7-8,10-11,15H2,1H3,(H,30,34)(H,32,33);1H. The van der Waals surface area contributed by atoms with E-state index in [-0.39, 0.29) is 42.6 Å². The maximum absolute atomic E-state index is 14.1. The van der Waals surface area contributed by atoms with E-state index in [1.807, 2.05) is 37.3 Å².